The van der Waals surface area contributed by atoms with Gasteiger partial charge in [-0.3, -0.25) is 4.98 Å². The Morgan fingerprint density at radius 2 is 2.27 bits per heavy atom. The molecule has 0 saturated carbocycles. The van der Waals surface area contributed by atoms with Crippen LogP contribution in [0.15, 0.2) is 17.2 Å². The average Bonchev–Trinajstić information content (AvgIpc) is 2.52. The second-order valence-corrected chi connectivity index (χ2v) is 8.37. The summed E-state index contributed by atoms with van der Waals surface area (Å²) >= 11 is 4.01. The van der Waals surface area contributed by atoms with Crippen LogP contribution in [0.5, 0.6) is 0 Å². The summed E-state index contributed by atoms with van der Waals surface area (Å²) in [6, 6.07) is 2.06. The number of nitrogens with zero attached hydrogens (tertiary/aromatic N) is 2. The number of rotatable bonds is 8. The fourth-order valence-electron chi connectivity index (χ4n) is 2.88. The lowest BCUT2D eigenvalue weighted by Gasteiger charge is -2.29. The number of hydrogen-bond donors (Lipinski definition) is 1. The summed E-state index contributed by atoms with van der Waals surface area (Å²) in [5.74, 6) is 4.61. The van der Waals surface area contributed by atoms with Crippen LogP contribution in [0.2, 0.25) is 0 Å². The maximum Gasteiger partial charge on any atom is 0.0856 e. The van der Waals surface area contributed by atoms with Crippen molar-refractivity contribution in [2.24, 2.45) is 5.92 Å². The molecule has 1 aliphatic rings. The molecule has 5 heteroatoms. The van der Waals surface area contributed by atoms with Crippen molar-refractivity contribution in [3.63, 3.8) is 0 Å². The number of aliphatic hydroxyl groups excluding tert-OH is 1. The van der Waals surface area contributed by atoms with E-state index in [1.165, 1.54) is 48.8 Å². The van der Waals surface area contributed by atoms with E-state index in [-0.39, 0.29) is 6.61 Å². The Kier molecular flexibility index (Phi) is 8.08. The molecule has 0 radical (unpaired) electrons. The zero-order chi connectivity index (χ0) is 15.8. The molecule has 1 unspecified atom stereocenters. The minimum atomic E-state index is 0.0337. The van der Waals surface area contributed by atoms with Crippen molar-refractivity contribution in [1.29, 1.82) is 0 Å². The van der Waals surface area contributed by atoms with Gasteiger partial charge in [0, 0.05) is 17.6 Å². The molecule has 1 aromatic rings. The summed E-state index contributed by atoms with van der Waals surface area (Å²) in [6.45, 7) is 4.64. The molecule has 1 saturated heterocycles. The van der Waals surface area contributed by atoms with E-state index in [0.717, 1.165) is 22.9 Å². The van der Waals surface area contributed by atoms with Gasteiger partial charge in [0.05, 0.1) is 12.3 Å². The quantitative estimate of drug-likeness (QED) is 0.579. The van der Waals surface area contributed by atoms with Crippen molar-refractivity contribution in [2.75, 3.05) is 37.4 Å². The van der Waals surface area contributed by atoms with Crippen molar-refractivity contribution >= 4 is 23.5 Å². The van der Waals surface area contributed by atoms with E-state index in [9.17, 15) is 5.11 Å². The molecule has 2 rings (SSSR count). The maximum absolute atomic E-state index is 9.25. The lowest BCUT2D eigenvalue weighted by Crippen LogP contribution is -2.33. The smallest absolute Gasteiger partial charge is 0.0856 e. The Hall–Kier alpha value is -0.230. The van der Waals surface area contributed by atoms with Gasteiger partial charge in [-0.05, 0) is 74.6 Å². The lowest BCUT2D eigenvalue weighted by atomic mass is 10.0. The largest absolute Gasteiger partial charge is 0.390 e. The molecule has 0 aliphatic carbocycles. The predicted octanol–water partition coefficient (Wildman–Crippen LogP) is 3.44. The number of piperidine rings is 1. The van der Waals surface area contributed by atoms with Gasteiger partial charge in [0.25, 0.3) is 0 Å². The fraction of sp³-hybridized carbons (Fsp3) is 0.706. The number of thioether (sulfide) groups is 2. The van der Waals surface area contributed by atoms with Gasteiger partial charge in [-0.15, -0.1) is 11.8 Å². The number of aromatic nitrogens is 1. The van der Waals surface area contributed by atoms with Gasteiger partial charge in [0.15, 0.2) is 0 Å². The van der Waals surface area contributed by atoms with Crippen molar-refractivity contribution in [3.8, 4) is 0 Å². The number of hydrogen-bond acceptors (Lipinski definition) is 5. The Morgan fingerprint density at radius 3 is 3.05 bits per heavy atom. The molecular weight excluding hydrogens is 312 g/mol. The summed E-state index contributed by atoms with van der Waals surface area (Å²) in [7, 11) is 2.24. The van der Waals surface area contributed by atoms with Crippen LogP contribution in [-0.4, -0.2) is 52.4 Å². The third-order valence-corrected chi connectivity index (χ3v) is 6.71. The number of aliphatic hydroxyl groups is 1. The van der Waals surface area contributed by atoms with E-state index < -0.39 is 0 Å². The van der Waals surface area contributed by atoms with E-state index in [1.807, 2.05) is 11.8 Å². The van der Waals surface area contributed by atoms with Gasteiger partial charge in [0.2, 0.25) is 0 Å². The first-order valence-corrected chi connectivity index (χ1v) is 10.3. The van der Waals surface area contributed by atoms with E-state index in [0.29, 0.717) is 0 Å². The van der Waals surface area contributed by atoms with Crippen LogP contribution < -0.4 is 0 Å². The van der Waals surface area contributed by atoms with Gasteiger partial charge < -0.3 is 10.0 Å². The molecule has 3 nitrogen and oxygen atoms in total. The molecular formula is C17H28N2OS2. The molecule has 1 aliphatic heterocycles. The first-order chi connectivity index (χ1) is 10.7. The van der Waals surface area contributed by atoms with Gasteiger partial charge in [-0.2, -0.15) is 11.8 Å². The summed E-state index contributed by atoms with van der Waals surface area (Å²) < 4.78 is 0. The third-order valence-electron chi connectivity index (χ3n) is 4.17. The van der Waals surface area contributed by atoms with Gasteiger partial charge in [0.1, 0.15) is 0 Å². The van der Waals surface area contributed by atoms with Crippen LogP contribution in [-0.2, 0) is 6.61 Å². The standard InChI is InChI=1S/C17H28N2OS2/c1-14-16(12-20)18-7-6-17(14)22-10-4-9-21-13-15-5-3-8-19(2)11-15/h6-7,15,20H,3-5,8-13H2,1-2H3. The van der Waals surface area contributed by atoms with E-state index in [1.54, 1.807) is 6.20 Å². The van der Waals surface area contributed by atoms with Crippen LogP contribution in [0.1, 0.15) is 30.5 Å². The molecule has 1 N–H and O–H groups in total. The molecule has 124 valence electrons. The molecule has 0 spiro atoms. The average molecular weight is 341 g/mol. The molecule has 22 heavy (non-hydrogen) atoms. The Morgan fingerprint density at radius 1 is 1.41 bits per heavy atom. The zero-order valence-electron chi connectivity index (χ0n) is 13.8. The maximum atomic E-state index is 9.25. The molecule has 0 bridgehead atoms. The first-order valence-electron chi connectivity index (χ1n) is 8.15. The summed E-state index contributed by atoms with van der Waals surface area (Å²) in [6.07, 6.45) is 5.82. The highest BCUT2D eigenvalue weighted by molar-refractivity contribution is 8.00. The highest BCUT2D eigenvalue weighted by Gasteiger charge is 2.16. The number of pyridine rings is 1. The normalized spacial score (nSPS) is 19.5. The van der Waals surface area contributed by atoms with Crippen molar-refractivity contribution in [3.05, 3.63) is 23.5 Å². The van der Waals surface area contributed by atoms with E-state index >= 15 is 0 Å². The molecule has 1 atom stereocenters. The van der Waals surface area contributed by atoms with Crippen LogP contribution >= 0.6 is 23.5 Å². The predicted molar refractivity (Wildman–Crippen MR) is 97.8 cm³/mol. The van der Waals surface area contributed by atoms with Gasteiger partial charge >= 0.3 is 0 Å². The second-order valence-electron chi connectivity index (χ2n) is 6.09. The highest BCUT2D eigenvalue weighted by atomic mass is 32.2. The fourth-order valence-corrected chi connectivity index (χ4v) is 5.18. The summed E-state index contributed by atoms with van der Waals surface area (Å²) in [4.78, 5) is 7.93. The monoisotopic (exact) mass is 340 g/mol. The minimum absolute atomic E-state index is 0.0337. The third kappa shape index (κ3) is 5.76. The Bertz CT molecular complexity index is 456. The van der Waals surface area contributed by atoms with Crippen LogP contribution in [0, 0.1) is 12.8 Å². The lowest BCUT2D eigenvalue weighted by molar-refractivity contribution is 0.224. The molecule has 0 amide bonds. The second kappa shape index (κ2) is 9.81. The Balaban J connectivity index is 1.59. The van der Waals surface area contributed by atoms with Crippen LogP contribution in [0.25, 0.3) is 0 Å². The molecule has 0 aromatic carbocycles. The van der Waals surface area contributed by atoms with Gasteiger partial charge in [-0.25, -0.2) is 0 Å². The Labute approximate surface area is 143 Å². The SMILES string of the molecule is Cc1c(SCCCSCC2CCCN(C)C2)ccnc1CO. The zero-order valence-corrected chi connectivity index (χ0v) is 15.4. The van der Waals surface area contributed by atoms with Crippen LogP contribution in [0.4, 0.5) is 0 Å². The van der Waals surface area contributed by atoms with E-state index in [2.05, 4.69) is 41.7 Å². The highest BCUT2D eigenvalue weighted by Crippen LogP contribution is 2.25. The van der Waals surface area contributed by atoms with Crippen molar-refractivity contribution in [1.82, 2.24) is 9.88 Å². The molecule has 1 fully saturated rings. The summed E-state index contributed by atoms with van der Waals surface area (Å²) in [5.41, 5.74) is 1.94. The van der Waals surface area contributed by atoms with Crippen molar-refractivity contribution in [2.45, 2.75) is 37.7 Å². The number of likely N-dealkylation sites (tertiary alicyclic amines) is 1. The molecule has 1 aromatic heterocycles. The topological polar surface area (TPSA) is 36.4 Å². The first kappa shape index (κ1) is 18.1. The van der Waals surface area contributed by atoms with Crippen molar-refractivity contribution < 1.29 is 5.11 Å². The van der Waals surface area contributed by atoms with Crippen LogP contribution in [0.3, 0.4) is 0 Å². The molecule has 2 heterocycles. The summed E-state index contributed by atoms with van der Waals surface area (Å²) in [5, 5.41) is 9.25. The minimum Gasteiger partial charge on any atom is -0.390 e. The van der Waals surface area contributed by atoms with E-state index in [4.69, 9.17) is 0 Å². The van der Waals surface area contributed by atoms with Gasteiger partial charge in [-0.1, -0.05) is 0 Å².